The third-order valence-corrected chi connectivity index (χ3v) is 3.52. The molecule has 96 valence electrons. The molecule has 2 atom stereocenters. The number of thioether (sulfide) groups is 1. The Balaban J connectivity index is 2.17. The lowest BCUT2D eigenvalue weighted by Gasteiger charge is -2.10. The summed E-state index contributed by atoms with van der Waals surface area (Å²) < 4.78 is 0. The Bertz CT molecular complexity index is 321. The highest BCUT2D eigenvalue weighted by atomic mass is 32.2. The molecule has 0 bridgehead atoms. The SMILES string of the molecule is N[C@@H](CCCC(=O)N[C@H]1CCSC1=O)C(=O)O. The van der Waals surface area contributed by atoms with Crippen molar-refractivity contribution in [2.24, 2.45) is 5.73 Å². The first-order valence-corrected chi connectivity index (χ1v) is 6.43. The van der Waals surface area contributed by atoms with Crippen molar-refractivity contribution in [1.29, 1.82) is 0 Å². The standard InChI is InChI=1S/C10H16N2O4S/c11-6(9(14)15)2-1-3-8(13)12-7-4-5-17-10(7)16/h6-7H,1-5,11H2,(H,12,13)(H,14,15)/t6-,7-/m0/s1. The average Bonchev–Trinajstić information content (AvgIpc) is 2.64. The number of rotatable bonds is 6. The van der Waals surface area contributed by atoms with E-state index in [4.69, 9.17) is 10.8 Å². The zero-order valence-electron chi connectivity index (χ0n) is 9.35. The summed E-state index contributed by atoms with van der Waals surface area (Å²) in [6.45, 7) is 0. The minimum Gasteiger partial charge on any atom is -0.480 e. The molecule has 6 nitrogen and oxygen atoms in total. The van der Waals surface area contributed by atoms with Gasteiger partial charge in [0.1, 0.15) is 6.04 Å². The second-order valence-electron chi connectivity index (χ2n) is 3.91. The van der Waals surface area contributed by atoms with Crippen LogP contribution in [0.4, 0.5) is 0 Å². The number of carboxylic acid groups (broad SMARTS) is 1. The monoisotopic (exact) mass is 260 g/mol. The molecule has 1 rings (SSSR count). The molecule has 1 aliphatic rings. The summed E-state index contributed by atoms with van der Waals surface area (Å²) in [6, 6.07) is -1.30. The van der Waals surface area contributed by atoms with Gasteiger partial charge in [-0.1, -0.05) is 11.8 Å². The molecule has 0 saturated carbocycles. The molecule has 0 spiro atoms. The molecular weight excluding hydrogens is 244 g/mol. The van der Waals surface area contributed by atoms with Crippen LogP contribution >= 0.6 is 11.8 Å². The molecule has 1 heterocycles. The number of nitrogens with two attached hydrogens (primary N) is 1. The van der Waals surface area contributed by atoms with E-state index < -0.39 is 12.0 Å². The molecule has 0 unspecified atom stereocenters. The Labute approximate surface area is 103 Å². The van der Waals surface area contributed by atoms with E-state index in [1.807, 2.05) is 0 Å². The van der Waals surface area contributed by atoms with Gasteiger partial charge in [0.05, 0.1) is 6.04 Å². The lowest BCUT2D eigenvalue weighted by atomic mass is 10.1. The normalized spacial score (nSPS) is 21.2. The molecule has 0 aromatic rings. The number of nitrogens with one attached hydrogen (secondary N) is 1. The number of carbonyl (C=O) groups is 3. The molecule has 4 N–H and O–H groups in total. The maximum absolute atomic E-state index is 11.4. The lowest BCUT2D eigenvalue weighted by Crippen LogP contribution is -2.37. The molecule has 0 aromatic carbocycles. The van der Waals surface area contributed by atoms with E-state index in [2.05, 4.69) is 5.32 Å². The van der Waals surface area contributed by atoms with Crippen molar-refractivity contribution in [3.05, 3.63) is 0 Å². The first-order valence-electron chi connectivity index (χ1n) is 5.45. The van der Waals surface area contributed by atoms with Crippen LogP contribution in [0, 0.1) is 0 Å². The smallest absolute Gasteiger partial charge is 0.320 e. The first kappa shape index (κ1) is 14.0. The van der Waals surface area contributed by atoms with E-state index in [1.54, 1.807) is 0 Å². The van der Waals surface area contributed by atoms with Crippen molar-refractivity contribution in [3.63, 3.8) is 0 Å². The topological polar surface area (TPSA) is 109 Å². The lowest BCUT2D eigenvalue weighted by molar-refractivity contribution is -0.138. The summed E-state index contributed by atoms with van der Waals surface area (Å²) in [5.41, 5.74) is 5.30. The van der Waals surface area contributed by atoms with Crippen LogP contribution in [0.15, 0.2) is 0 Å². The summed E-state index contributed by atoms with van der Waals surface area (Å²) in [5, 5.41) is 11.2. The third kappa shape index (κ3) is 4.74. The summed E-state index contributed by atoms with van der Waals surface area (Å²) >= 11 is 1.23. The van der Waals surface area contributed by atoms with Crippen LogP contribution in [-0.4, -0.2) is 39.9 Å². The van der Waals surface area contributed by atoms with Gasteiger partial charge < -0.3 is 16.2 Å². The van der Waals surface area contributed by atoms with E-state index >= 15 is 0 Å². The average molecular weight is 260 g/mol. The maximum atomic E-state index is 11.4. The number of carboxylic acids is 1. The van der Waals surface area contributed by atoms with Gasteiger partial charge in [-0.2, -0.15) is 0 Å². The van der Waals surface area contributed by atoms with Crippen molar-refractivity contribution >= 4 is 28.8 Å². The largest absolute Gasteiger partial charge is 0.480 e. The Morgan fingerprint density at radius 3 is 2.82 bits per heavy atom. The minimum absolute atomic E-state index is 0.000544. The van der Waals surface area contributed by atoms with Crippen molar-refractivity contribution < 1.29 is 19.5 Å². The van der Waals surface area contributed by atoms with Crippen LogP contribution in [0.3, 0.4) is 0 Å². The highest BCUT2D eigenvalue weighted by Crippen LogP contribution is 2.19. The fraction of sp³-hybridized carbons (Fsp3) is 0.700. The van der Waals surface area contributed by atoms with Gasteiger partial charge in [-0.25, -0.2) is 0 Å². The van der Waals surface area contributed by atoms with Gasteiger partial charge in [-0.15, -0.1) is 0 Å². The van der Waals surface area contributed by atoms with Gasteiger partial charge in [0, 0.05) is 12.2 Å². The van der Waals surface area contributed by atoms with Crippen LogP contribution in [0.5, 0.6) is 0 Å². The fourth-order valence-electron chi connectivity index (χ4n) is 1.50. The van der Waals surface area contributed by atoms with Crippen LogP contribution < -0.4 is 11.1 Å². The van der Waals surface area contributed by atoms with Gasteiger partial charge in [0.15, 0.2) is 0 Å². The molecule has 0 aromatic heterocycles. The van der Waals surface area contributed by atoms with E-state index in [9.17, 15) is 14.4 Å². The Morgan fingerprint density at radius 1 is 1.59 bits per heavy atom. The molecule has 1 fully saturated rings. The van der Waals surface area contributed by atoms with Gasteiger partial charge in [-0.3, -0.25) is 14.4 Å². The van der Waals surface area contributed by atoms with Crippen molar-refractivity contribution in [3.8, 4) is 0 Å². The Hall–Kier alpha value is -1.08. The summed E-state index contributed by atoms with van der Waals surface area (Å²) in [6.07, 6.45) is 1.54. The predicted molar refractivity (Wildman–Crippen MR) is 63.5 cm³/mol. The minimum atomic E-state index is -1.06. The zero-order valence-corrected chi connectivity index (χ0v) is 10.2. The number of amides is 1. The second kappa shape index (κ2) is 6.61. The second-order valence-corrected chi connectivity index (χ2v) is 5.01. The summed E-state index contributed by atoms with van der Waals surface area (Å²) in [4.78, 5) is 33.1. The fourth-order valence-corrected chi connectivity index (χ4v) is 2.43. The molecule has 0 radical (unpaired) electrons. The highest BCUT2D eigenvalue weighted by molar-refractivity contribution is 8.14. The number of hydrogen-bond donors (Lipinski definition) is 3. The number of hydrogen-bond acceptors (Lipinski definition) is 5. The van der Waals surface area contributed by atoms with Crippen LogP contribution in [0.25, 0.3) is 0 Å². The molecule has 1 saturated heterocycles. The Kier molecular flexibility index (Phi) is 5.43. The Morgan fingerprint density at radius 2 is 2.29 bits per heavy atom. The summed E-state index contributed by atoms with van der Waals surface area (Å²) in [5.74, 6) is -0.538. The van der Waals surface area contributed by atoms with Crippen LogP contribution in [-0.2, 0) is 14.4 Å². The molecular formula is C10H16N2O4S. The van der Waals surface area contributed by atoms with E-state index in [-0.39, 0.29) is 29.9 Å². The van der Waals surface area contributed by atoms with Crippen LogP contribution in [0.2, 0.25) is 0 Å². The molecule has 1 aliphatic heterocycles. The molecule has 17 heavy (non-hydrogen) atoms. The molecule has 7 heteroatoms. The van der Waals surface area contributed by atoms with E-state index in [0.29, 0.717) is 12.8 Å². The summed E-state index contributed by atoms with van der Waals surface area (Å²) in [7, 11) is 0. The van der Waals surface area contributed by atoms with E-state index in [1.165, 1.54) is 11.8 Å². The van der Waals surface area contributed by atoms with Crippen molar-refractivity contribution in [1.82, 2.24) is 5.32 Å². The predicted octanol–water partition coefficient (Wildman–Crippen LogP) is -0.283. The first-order chi connectivity index (χ1) is 8.00. The van der Waals surface area contributed by atoms with Gasteiger partial charge >= 0.3 is 5.97 Å². The van der Waals surface area contributed by atoms with Gasteiger partial charge in [0.25, 0.3) is 0 Å². The number of aliphatic carboxylic acids is 1. The molecule has 0 aliphatic carbocycles. The molecule has 1 amide bonds. The number of carbonyl (C=O) groups excluding carboxylic acids is 2. The highest BCUT2D eigenvalue weighted by Gasteiger charge is 2.26. The van der Waals surface area contributed by atoms with Gasteiger partial charge in [0.2, 0.25) is 11.0 Å². The van der Waals surface area contributed by atoms with Gasteiger partial charge in [-0.05, 0) is 19.3 Å². The van der Waals surface area contributed by atoms with Crippen LogP contribution in [0.1, 0.15) is 25.7 Å². The third-order valence-electron chi connectivity index (χ3n) is 2.51. The van der Waals surface area contributed by atoms with E-state index in [0.717, 1.165) is 5.75 Å². The van der Waals surface area contributed by atoms with Crippen molar-refractivity contribution in [2.75, 3.05) is 5.75 Å². The maximum Gasteiger partial charge on any atom is 0.320 e. The zero-order chi connectivity index (χ0) is 12.8. The quantitative estimate of drug-likeness (QED) is 0.606. The van der Waals surface area contributed by atoms with Crippen molar-refractivity contribution in [2.45, 2.75) is 37.8 Å².